The SMILES string of the molecule is Nc1ccc(N)c(OC=COCCOCCOc2cc(N)ccc2N)c1. The second kappa shape index (κ2) is 9.90. The molecule has 0 aliphatic rings. The summed E-state index contributed by atoms with van der Waals surface area (Å²) < 4.78 is 21.5. The van der Waals surface area contributed by atoms with E-state index in [1.54, 1.807) is 36.4 Å². The lowest BCUT2D eigenvalue weighted by molar-refractivity contribution is 0.0645. The van der Waals surface area contributed by atoms with Crippen LogP contribution in [0.3, 0.4) is 0 Å². The summed E-state index contributed by atoms with van der Waals surface area (Å²) in [5.74, 6) is 1.02. The molecule has 0 spiro atoms. The minimum Gasteiger partial charge on any atom is -0.496 e. The van der Waals surface area contributed by atoms with Gasteiger partial charge in [-0.2, -0.15) is 0 Å². The second-order valence-electron chi connectivity index (χ2n) is 5.32. The number of rotatable bonds is 10. The molecule has 8 nitrogen and oxygen atoms in total. The minimum atomic E-state index is 0.362. The van der Waals surface area contributed by atoms with Crippen LogP contribution in [0.4, 0.5) is 22.7 Å². The van der Waals surface area contributed by atoms with Gasteiger partial charge in [0.1, 0.15) is 31.5 Å². The summed E-state index contributed by atoms with van der Waals surface area (Å²) in [6.45, 7) is 1.53. The zero-order valence-electron chi connectivity index (χ0n) is 14.4. The highest BCUT2D eigenvalue weighted by Gasteiger charge is 2.01. The van der Waals surface area contributed by atoms with Gasteiger partial charge in [0.25, 0.3) is 0 Å². The average Bonchev–Trinajstić information content (AvgIpc) is 2.62. The molecular weight excluding hydrogens is 336 g/mol. The summed E-state index contributed by atoms with van der Waals surface area (Å²) in [5, 5.41) is 0. The number of hydrogen-bond acceptors (Lipinski definition) is 8. The summed E-state index contributed by atoms with van der Waals surface area (Å²) in [6, 6.07) is 10.1. The highest BCUT2D eigenvalue weighted by atomic mass is 16.5. The van der Waals surface area contributed by atoms with Gasteiger partial charge in [0.2, 0.25) is 0 Å². The van der Waals surface area contributed by atoms with Crippen LogP contribution in [0.2, 0.25) is 0 Å². The highest BCUT2D eigenvalue weighted by Crippen LogP contribution is 2.24. The number of nitrogens with two attached hydrogens (primary N) is 4. The van der Waals surface area contributed by atoms with Gasteiger partial charge in [0, 0.05) is 23.5 Å². The molecule has 0 radical (unpaired) electrons. The van der Waals surface area contributed by atoms with Crippen molar-refractivity contribution in [1.29, 1.82) is 0 Å². The molecule has 0 unspecified atom stereocenters. The fraction of sp³-hybridized carbons (Fsp3) is 0.222. The lowest BCUT2D eigenvalue weighted by atomic mass is 10.2. The molecule has 0 saturated carbocycles. The molecule has 2 aromatic rings. The maximum atomic E-state index is 5.78. The van der Waals surface area contributed by atoms with Crippen molar-refractivity contribution in [2.45, 2.75) is 0 Å². The minimum absolute atomic E-state index is 0.362. The van der Waals surface area contributed by atoms with E-state index in [0.29, 0.717) is 60.7 Å². The van der Waals surface area contributed by atoms with Crippen molar-refractivity contribution in [2.75, 3.05) is 49.4 Å². The predicted molar refractivity (Wildman–Crippen MR) is 103 cm³/mol. The van der Waals surface area contributed by atoms with Crippen LogP contribution < -0.4 is 32.4 Å². The molecule has 0 atom stereocenters. The van der Waals surface area contributed by atoms with Crippen LogP contribution in [0.5, 0.6) is 11.5 Å². The molecule has 0 aromatic heterocycles. The van der Waals surface area contributed by atoms with Crippen LogP contribution >= 0.6 is 0 Å². The smallest absolute Gasteiger partial charge is 0.151 e. The van der Waals surface area contributed by atoms with E-state index in [2.05, 4.69) is 0 Å². The number of hydrogen-bond donors (Lipinski definition) is 4. The molecule has 0 bridgehead atoms. The topological polar surface area (TPSA) is 141 Å². The average molecular weight is 360 g/mol. The van der Waals surface area contributed by atoms with Crippen molar-refractivity contribution in [3.8, 4) is 11.5 Å². The van der Waals surface area contributed by atoms with E-state index in [-0.39, 0.29) is 0 Å². The highest BCUT2D eigenvalue weighted by molar-refractivity contribution is 5.60. The van der Waals surface area contributed by atoms with Crippen molar-refractivity contribution in [3.05, 3.63) is 48.9 Å². The number of nitrogen functional groups attached to an aromatic ring is 4. The van der Waals surface area contributed by atoms with Crippen molar-refractivity contribution in [2.24, 2.45) is 0 Å². The van der Waals surface area contributed by atoms with E-state index in [9.17, 15) is 0 Å². The summed E-state index contributed by atoms with van der Waals surface area (Å²) in [5.41, 5.74) is 25.1. The molecule has 0 aliphatic carbocycles. The Morgan fingerprint density at radius 3 is 2.04 bits per heavy atom. The van der Waals surface area contributed by atoms with Crippen molar-refractivity contribution in [3.63, 3.8) is 0 Å². The number of ether oxygens (including phenoxy) is 4. The monoisotopic (exact) mass is 360 g/mol. The van der Waals surface area contributed by atoms with Crippen LogP contribution in [0, 0.1) is 0 Å². The molecular formula is C18H24N4O4. The Kier molecular flexibility index (Phi) is 7.26. The summed E-state index contributed by atoms with van der Waals surface area (Å²) in [7, 11) is 0. The van der Waals surface area contributed by atoms with E-state index in [0.717, 1.165) is 0 Å². The van der Waals surface area contributed by atoms with Crippen molar-refractivity contribution < 1.29 is 18.9 Å². The molecule has 0 aliphatic heterocycles. The van der Waals surface area contributed by atoms with E-state index >= 15 is 0 Å². The van der Waals surface area contributed by atoms with Crippen molar-refractivity contribution in [1.82, 2.24) is 0 Å². The molecule has 140 valence electrons. The van der Waals surface area contributed by atoms with Crippen molar-refractivity contribution >= 4 is 22.7 Å². The summed E-state index contributed by atoms with van der Waals surface area (Å²) >= 11 is 0. The van der Waals surface area contributed by atoms with Crippen LogP contribution in [-0.2, 0) is 9.47 Å². The first-order valence-electron chi connectivity index (χ1n) is 8.00. The van der Waals surface area contributed by atoms with Crippen LogP contribution in [0.1, 0.15) is 0 Å². The molecule has 0 amide bonds. The van der Waals surface area contributed by atoms with Crippen LogP contribution in [-0.4, -0.2) is 26.4 Å². The van der Waals surface area contributed by atoms with Gasteiger partial charge in [0.05, 0.1) is 24.6 Å². The third-order valence-electron chi connectivity index (χ3n) is 3.25. The zero-order valence-corrected chi connectivity index (χ0v) is 14.4. The number of anilines is 4. The fourth-order valence-corrected chi connectivity index (χ4v) is 1.96. The Hall–Kier alpha value is -3.26. The van der Waals surface area contributed by atoms with Gasteiger partial charge in [-0.15, -0.1) is 0 Å². The molecule has 2 rings (SSSR count). The lowest BCUT2D eigenvalue weighted by Gasteiger charge is -2.10. The van der Waals surface area contributed by atoms with E-state index < -0.39 is 0 Å². The van der Waals surface area contributed by atoms with E-state index in [1.165, 1.54) is 12.5 Å². The Bertz CT molecular complexity index is 737. The van der Waals surface area contributed by atoms with Crippen LogP contribution in [0.15, 0.2) is 48.9 Å². The second-order valence-corrected chi connectivity index (χ2v) is 5.32. The quantitative estimate of drug-likeness (QED) is 0.286. The molecule has 2 aromatic carbocycles. The van der Waals surface area contributed by atoms with Gasteiger partial charge in [0.15, 0.2) is 5.75 Å². The fourth-order valence-electron chi connectivity index (χ4n) is 1.96. The third kappa shape index (κ3) is 6.33. The maximum absolute atomic E-state index is 5.78. The van der Waals surface area contributed by atoms with Gasteiger partial charge >= 0.3 is 0 Å². The van der Waals surface area contributed by atoms with Gasteiger partial charge in [-0.3, -0.25) is 0 Å². The standard InChI is InChI=1S/C18H24N4O4/c19-13-1-3-15(21)17(11-13)25-9-7-23-5-6-24-8-10-26-18-12-14(20)2-4-16(18)22/h1-4,7,9,11-12H,5-6,8,10,19-22H2. The largest absolute Gasteiger partial charge is 0.496 e. The molecule has 26 heavy (non-hydrogen) atoms. The Balaban J connectivity index is 1.54. The first-order chi connectivity index (χ1) is 12.6. The Morgan fingerprint density at radius 2 is 1.31 bits per heavy atom. The predicted octanol–water partition coefficient (Wildman–Crippen LogP) is 1.98. The normalized spacial score (nSPS) is 10.8. The number of benzene rings is 2. The van der Waals surface area contributed by atoms with Gasteiger partial charge in [-0.1, -0.05) is 0 Å². The zero-order chi connectivity index (χ0) is 18.8. The maximum Gasteiger partial charge on any atom is 0.151 e. The summed E-state index contributed by atoms with van der Waals surface area (Å²) in [4.78, 5) is 0. The first-order valence-corrected chi connectivity index (χ1v) is 8.00. The van der Waals surface area contributed by atoms with Crippen LogP contribution in [0.25, 0.3) is 0 Å². The van der Waals surface area contributed by atoms with E-state index in [1.807, 2.05) is 0 Å². The van der Waals surface area contributed by atoms with E-state index in [4.69, 9.17) is 41.9 Å². The molecule has 8 N–H and O–H groups in total. The molecule has 0 fully saturated rings. The van der Waals surface area contributed by atoms with Gasteiger partial charge in [-0.25, -0.2) is 0 Å². The Morgan fingerprint density at radius 1 is 0.692 bits per heavy atom. The Labute approximate surface area is 152 Å². The third-order valence-corrected chi connectivity index (χ3v) is 3.25. The first kappa shape index (κ1) is 19.1. The molecule has 0 saturated heterocycles. The summed E-state index contributed by atoms with van der Waals surface area (Å²) in [6.07, 6.45) is 2.80. The molecule has 8 heteroatoms. The van der Waals surface area contributed by atoms with Gasteiger partial charge < -0.3 is 41.9 Å². The lowest BCUT2D eigenvalue weighted by Crippen LogP contribution is -2.10. The molecule has 0 heterocycles. The van der Waals surface area contributed by atoms with Gasteiger partial charge in [-0.05, 0) is 24.3 Å².